The van der Waals surface area contributed by atoms with Gasteiger partial charge in [0.1, 0.15) is 0 Å². The van der Waals surface area contributed by atoms with Gasteiger partial charge in [-0.15, -0.1) is 0 Å². The minimum Gasteiger partial charge on any atom is -0.465 e. The average molecular weight is 303 g/mol. The molecule has 15 heavy (non-hydrogen) atoms. The topological polar surface area (TPSA) is 61.8 Å². The van der Waals surface area contributed by atoms with Gasteiger partial charge in [-0.25, -0.2) is 0 Å². The van der Waals surface area contributed by atoms with Gasteiger partial charge in [-0.2, -0.15) is 0 Å². The largest absolute Gasteiger partial charge is 0.465 e. The highest BCUT2D eigenvalue weighted by Gasteiger charge is 2.40. The van der Waals surface area contributed by atoms with Crippen molar-refractivity contribution in [3.05, 3.63) is 0 Å². The van der Waals surface area contributed by atoms with E-state index in [1.165, 1.54) is 0 Å². The van der Waals surface area contributed by atoms with Crippen LogP contribution in [-0.4, -0.2) is 30.4 Å². The van der Waals surface area contributed by atoms with Gasteiger partial charge in [0, 0.05) is 0 Å². The molecule has 0 spiro atoms. The third kappa shape index (κ3) is 4.64. The van der Waals surface area contributed by atoms with Crippen LogP contribution in [0, 0.1) is 0 Å². The van der Waals surface area contributed by atoms with E-state index in [2.05, 4.69) is 15.9 Å². The zero-order valence-corrected chi connectivity index (χ0v) is 11.5. The maximum atomic E-state index is 12.0. The lowest BCUT2D eigenvalue weighted by atomic mass is 10.8. The molecule has 0 aliphatic rings. The molecule has 0 unspecified atom stereocenters. The van der Waals surface area contributed by atoms with Gasteiger partial charge in [0.25, 0.3) is 0 Å². The maximum Gasteiger partial charge on any atom is 0.355 e. The number of carbonyl (C=O) groups excluding carboxylic acids is 1. The molecule has 7 heteroatoms. The molecule has 0 rings (SSSR count). The van der Waals surface area contributed by atoms with Gasteiger partial charge in [0.2, 0.25) is 4.57 Å². The van der Waals surface area contributed by atoms with Crippen LogP contribution in [0.5, 0.6) is 0 Å². The summed E-state index contributed by atoms with van der Waals surface area (Å²) in [6.07, 6.45) is 0. The number of esters is 1. The van der Waals surface area contributed by atoms with Gasteiger partial charge in [-0.05, 0) is 20.8 Å². The number of hydrogen-bond donors (Lipinski definition) is 0. The second-order valence-electron chi connectivity index (χ2n) is 2.46. The van der Waals surface area contributed by atoms with E-state index in [4.69, 9.17) is 13.8 Å². The van der Waals surface area contributed by atoms with Crippen molar-refractivity contribution in [3.63, 3.8) is 0 Å². The van der Waals surface area contributed by atoms with Crippen LogP contribution in [0.2, 0.25) is 0 Å². The summed E-state index contributed by atoms with van der Waals surface area (Å²) in [5.74, 6) is -0.636. The van der Waals surface area contributed by atoms with Crippen molar-refractivity contribution in [3.8, 4) is 0 Å². The van der Waals surface area contributed by atoms with Crippen molar-refractivity contribution in [2.75, 3.05) is 19.8 Å². The van der Waals surface area contributed by atoms with Gasteiger partial charge in [0.05, 0.1) is 19.8 Å². The van der Waals surface area contributed by atoms with Crippen molar-refractivity contribution in [2.24, 2.45) is 0 Å². The van der Waals surface area contributed by atoms with Gasteiger partial charge in [-0.1, -0.05) is 15.9 Å². The van der Waals surface area contributed by atoms with Crippen molar-refractivity contribution < 1.29 is 23.1 Å². The van der Waals surface area contributed by atoms with Gasteiger partial charge >= 0.3 is 13.6 Å². The molecule has 0 aliphatic heterocycles. The minimum atomic E-state index is -3.45. The minimum absolute atomic E-state index is 0.207. The summed E-state index contributed by atoms with van der Waals surface area (Å²) in [4.78, 5) is 11.3. The molecule has 90 valence electrons. The summed E-state index contributed by atoms with van der Waals surface area (Å²) in [6, 6.07) is 0. The summed E-state index contributed by atoms with van der Waals surface area (Å²) in [6.45, 7) is 5.66. The molecule has 0 aromatic carbocycles. The van der Waals surface area contributed by atoms with Crippen LogP contribution in [0.15, 0.2) is 0 Å². The molecule has 1 atom stereocenters. The van der Waals surface area contributed by atoms with Crippen LogP contribution in [0.1, 0.15) is 20.8 Å². The summed E-state index contributed by atoms with van der Waals surface area (Å²) in [5.41, 5.74) is 0. The SMILES string of the molecule is CCOC(=O)[C@H](Br)P(=O)(OCC)OCC. The normalized spacial score (nSPS) is 13.6. The van der Waals surface area contributed by atoms with Gasteiger partial charge in [0.15, 0.2) is 0 Å². The molecule has 0 radical (unpaired) electrons. The molecule has 0 bridgehead atoms. The Labute approximate surface area is 98.1 Å². The quantitative estimate of drug-likeness (QED) is 0.411. The van der Waals surface area contributed by atoms with Crippen LogP contribution in [0.25, 0.3) is 0 Å². The third-order valence-corrected chi connectivity index (χ3v) is 5.26. The standard InChI is InChI=1S/C8H16BrO5P/c1-4-12-8(10)7(9)15(11,13-5-2)14-6-3/h7H,4-6H2,1-3H3/t7-/m1/s1. The monoisotopic (exact) mass is 302 g/mol. The Bertz CT molecular complexity index is 235. The molecule has 0 saturated heterocycles. The Hall–Kier alpha value is 0.1000. The molecule has 0 fully saturated rings. The summed E-state index contributed by atoms with van der Waals surface area (Å²) >= 11 is 2.98. The molecule has 0 aromatic heterocycles. The van der Waals surface area contributed by atoms with Crippen LogP contribution >= 0.6 is 23.5 Å². The second kappa shape index (κ2) is 7.39. The van der Waals surface area contributed by atoms with Crippen molar-refractivity contribution >= 4 is 29.5 Å². The summed E-state index contributed by atoms with van der Waals surface area (Å²) in [5, 5.41) is 0. The van der Waals surface area contributed by atoms with Crippen LogP contribution in [0.4, 0.5) is 0 Å². The molecule has 0 N–H and O–H groups in total. The number of alkyl halides is 1. The first kappa shape index (κ1) is 15.1. The molecular formula is C8H16BrO5P. The number of hydrogen-bond acceptors (Lipinski definition) is 5. The highest BCUT2D eigenvalue weighted by Crippen LogP contribution is 2.55. The van der Waals surface area contributed by atoms with E-state index in [1.54, 1.807) is 20.8 Å². The Balaban J connectivity index is 4.60. The number of rotatable bonds is 7. The molecular weight excluding hydrogens is 287 g/mol. The molecule has 0 heterocycles. The fraction of sp³-hybridized carbons (Fsp3) is 0.875. The van der Waals surface area contributed by atoms with Crippen LogP contribution in [-0.2, 0) is 23.1 Å². The smallest absolute Gasteiger partial charge is 0.355 e. The van der Waals surface area contributed by atoms with Crippen molar-refractivity contribution in [2.45, 2.75) is 25.3 Å². The predicted octanol–water partition coefficient (Wildman–Crippen LogP) is 2.54. The van der Waals surface area contributed by atoms with Gasteiger partial charge in [-0.3, -0.25) is 9.36 Å². The zero-order chi connectivity index (χ0) is 11.9. The average Bonchev–Trinajstić information content (AvgIpc) is 2.17. The number of carbonyl (C=O) groups is 1. The van der Waals surface area contributed by atoms with E-state index in [1.807, 2.05) is 0 Å². The molecule has 5 nitrogen and oxygen atoms in total. The molecule has 0 aliphatic carbocycles. The van der Waals surface area contributed by atoms with E-state index in [9.17, 15) is 9.36 Å². The lowest BCUT2D eigenvalue weighted by Gasteiger charge is -2.20. The lowest BCUT2D eigenvalue weighted by Crippen LogP contribution is -2.20. The summed E-state index contributed by atoms with van der Waals surface area (Å²) in [7, 11) is -3.45. The van der Waals surface area contributed by atoms with Crippen molar-refractivity contribution in [1.29, 1.82) is 0 Å². The lowest BCUT2D eigenvalue weighted by molar-refractivity contribution is -0.141. The first-order chi connectivity index (χ1) is 7.01. The van der Waals surface area contributed by atoms with Crippen molar-refractivity contribution in [1.82, 2.24) is 0 Å². The predicted molar refractivity (Wildman–Crippen MR) is 60.2 cm³/mol. The maximum absolute atomic E-state index is 12.0. The Morgan fingerprint density at radius 1 is 1.20 bits per heavy atom. The first-order valence-electron chi connectivity index (χ1n) is 4.71. The Morgan fingerprint density at radius 3 is 2.00 bits per heavy atom. The fourth-order valence-electron chi connectivity index (χ4n) is 0.868. The van der Waals surface area contributed by atoms with E-state index in [-0.39, 0.29) is 19.8 Å². The number of ether oxygens (including phenoxy) is 1. The highest BCUT2D eigenvalue weighted by molar-refractivity contribution is 9.11. The fourth-order valence-corrected chi connectivity index (χ4v) is 3.10. The third-order valence-electron chi connectivity index (χ3n) is 1.38. The Kier molecular flexibility index (Phi) is 7.44. The van der Waals surface area contributed by atoms with Crippen LogP contribution < -0.4 is 0 Å². The molecule has 0 saturated carbocycles. The van der Waals surface area contributed by atoms with E-state index in [0.717, 1.165) is 0 Å². The van der Waals surface area contributed by atoms with Gasteiger partial charge < -0.3 is 13.8 Å². The van der Waals surface area contributed by atoms with E-state index in [0.29, 0.717) is 0 Å². The van der Waals surface area contributed by atoms with E-state index < -0.39 is 18.1 Å². The van der Waals surface area contributed by atoms with Crippen LogP contribution in [0.3, 0.4) is 0 Å². The molecule has 0 amide bonds. The second-order valence-corrected chi connectivity index (χ2v) is 6.20. The highest BCUT2D eigenvalue weighted by atomic mass is 79.9. The van der Waals surface area contributed by atoms with E-state index >= 15 is 0 Å². The Morgan fingerprint density at radius 2 is 1.67 bits per heavy atom. The summed E-state index contributed by atoms with van der Waals surface area (Å²) < 4.78 is 25.7. The molecule has 0 aromatic rings. The first-order valence-corrected chi connectivity index (χ1v) is 7.24. The number of halogens is 1. The zero-order valence-electron chi connectivity index (χ0n) is 9.07.